The number of rotatable bonds is 8. The Balaban J connectivity index is 1.48. The van der Waals surface area contributed by atoms with Gasteiger partial charge < -0.3 is 14.4 Å². The number of para-hydroxylation sites is 2. The molecule has 1 amide bonds. The lowest BCUT2D eigenvalue weighted by Crippen LogP contribution is -2.48. The Kier molecular flexibility index (Phi) is 7.53. The van der Waals surface area contributed by atoms with Crippen molar-refractivity contribution in [2.24, 2.45) is 0 Å². The van der Waals surface area contributed by atoms with Crippen molar-refractivity contribution in [3.05, 3.63) is 59.7 Å². The van der Waals surface area contributed by atoms with Crippen LogP contribution in [-0.4, -0.2) is 55.1 Å². The Hall–Kier alpha value is -2.53. The Morgan fingerprint density at radius 3 is 2.21 bits per heavy atom. The van der Waals surface area contributed by atoms with Crippen LogP contribution in [0.1, 0.15) is 31.4 Å². The van der Waals surface area contributed by atoms with Gasteiger partial charge in [-0.15, -0.1) is 0 Å². The van der Waals surface area contributed by atoms with Crippen molar-refractivity contribution < 1.29 is 14.3 Å². The van der Waals surface area contributed by atoms with E-state index in [0.717, 1.165) is 49.8 Å². The third-order valence-electron chi connectivity index (χ3n) is 5.25. The number of amides is 1. The van der Waals surface area contributed by atoms with Crippen LogP contribution in [0.2, 0.25) is 0 Å². The van der Waals surface area contributed by atoms with E-state index in [-0.39, 0.29) is 12.0 Å². The van der Waals surface area contributed by atoms with Gasteiger partial charge in [-0.2, -0.15) is 0 Å². The minimum Gasteiger partial charge on any atom is -0.496 e. The minimum atomic E-state index is 0.161. The van der Waals surface area contributed by atoms with Gasteiger partial charge in [-0.3, -0.25) is 9.69 Å². The molecule has 156 valence electrons. The van der Waals surface area contributed by atoms with Crippen LogP contribution in [0.4, 0.5) is 0 Å². The van der Waals surface area contributed by atoms with Gasteiger partial charge in [0.2, 0.25) is 5.91 Å². The van der Waals surface area contributed by atoms with Crippen molar-refractivity contribution in [1.29, 1.82) is 0 Å². The van der Waals surface area contributed by atoms with Crippen LogP contribution in [0.3, 0.4) is 0 Å². The van der Waals surface area contributed by atoms with Crippen molar-refractivity contribution in [2.75, 3.05) is 33.3 Å². The van der Waals surface area contributed by atoms with Gasteiger partial charge in [0.1, 0.15) is 11.5 Å². The molecule has 2 aromatic rings. The van der Waals surface area contributed by atoms with Crippen molar-refractivity contribution in [2.45, 2.75) is 39.3 Å². The number of benzene rings is 2. The lowest BCUT2D eigenvalue weighted by atomic mass is 10.1. The second-order valence-corrected chi connectivity index (χ2v) is 7.74. The molecule has 1 saturated heterocycles. The topological polar surface area (TPSA) is 42.0 Å². The average Bonchev–Trinajstić information content (AvgIpc) is 2.74. The van der Waals surface area contributed by atoms with Crippen LogP contribution in [0.25, 0.3) is 0 Å². The zero-order chi connectivity index (χ0) is 20.6. The summed E-state index contributed by atoms with van der Waals surface area (Å²) < 4.78 is 11.3. The van der Waals surface area contributed by atoms with E-state index >= 15 is 0 Å². The molecule has 29 heavy (non-hydrogen) atoms. The summed E-state index contributed by atoms with van der Waals surface area (Å²) in [6.07, 6.45) is 1.39. The molecule has 5 nitrogen and oxygen atoms in total. The molecule has 0 aromatic heterocycles. The average molecular weight is 397 g/mol. The van der Waals surface area contributed by atoms with E-state index in [9.17, 15) is 4.79 Å². The number of hydrogen-bond acceptors (Lipinski definition) is 4. The predicted molar refractivity (Wildman–Crippen MR) is 115 cm³/mol. The SMILES string of the molecule is COc1ccccc1CCC(=O)N1CCN(Cc2ccccc2OC(C)C)CC1. The molecule has 1 aliphatic heterocycles. The number of hydrogen-bond donors (Lipinski definition) is 0. The van der Waals surface area contributed by atoms with E-state index < -0.39 is 0 Å². The molecule has 0 unspecified atom stereocenters. The maximum Gasteiger partial charge on any atom is 0.222 e. The summed E-state index contributed by atoms with van der Waals surface area (Å²) >= 11 is 0. The molecular formula is C24H32N2O3. The van der Waals surface area contributed by atoms with Gasteiger partial charge in [0, 0.05) is 44.7 Å². The van der Waals surface area contributed by atoms with E-state index in [1.54, 1.807) is 7.11 Å². The fraction of sp³-hybridized carbons (Fsp3) is 0.458. The zero-order valence-electron chi connectivity index (χ0n) is 17.8. The number of ether oxygens (including phenoxy) is 2. The molecule has 0 radical (unpaired) electrons. The standard InChI is InChI=1S/C24H32N2O3/c1-19(2)29-23-11-7-5-9-21(23)18-25-14-16-26(17-15-25)24(27)13-12-20-8-4-6-10-22(20)28-3/h4-11,19H,12-18H2,1-3H3. The van der Waals surface area contributed by atoms with Crippen molar-refractivity contribution in [1.82, 2.24) is 9.80 Å². The summed E-state index contributed by atoms with van der Waals surface area (Å²) in [4.78, 5) is 17.0. The van der Waals surface area contributed by atoms with Gasteiger partial charge in [-0.05, 0) is 38.0 Å². The minimum absolute atomic E-state index is 0.161. The summed E-state index contributed by atoms with van der Waals surface area (Å²) in [7, 11) is 1.67. The van der Waals surface area contributed by atoms with Crippen LogP contribution >= 0.6 is 0 Å². The van der Waals surface area contributed by atoms with E-state index in [1.165, 1.54) is 5.56 Å². The summed E-state index contributed by atoms with van der Waals surface area (Å²) in [6, 6.07) is 16.1. The fourth-order valence-corrected chi connectivity index (χ4v) is 3.71. The van der Waals surface area contributed by atoms with Gasteiger partial charge in [0.15, 0.2) is 0 Å². The molecule has 2 aromatic carbocycles. The van der Waals surface area contributed by atoms with Gasteiger partial charge in [-0.25, -0.2) is 0 Å². The van der Waals surface area contributed by atoms with Crippen molar-refractivity contribution >= 4 is 5.91 Å². The maximum absolute atomic E-state index is 12.7. The largest absolute Gasteiger partial charge is 0.496 e. The first-order chi connectivity index (χ1) is 14.1. The zero-order valence-corrected chi connectivity index (χ0v) is 17.8. The van der Waals surface area contributed by atoms with E-state index in [1.807, 2.05) is 55.1 Å². The van der Waals surface area contributed by atoms with Crippen LogP contribution < -0.4 is 9.47 Å². The molecule has 0 aliphatic carbocycles. The van der Waals surface area contributed by atoms with Gasteiger partial charge in [0.05, 0.1) is 13.2 Å². The molecule has 1 heterocycles. The highest BCUT2D eigenvalue weighted by Crippen LogP contribution is 2.22. The highest BCUT2D eigenvalue weighted by atomic mass is 16.5. The van der Waals surface area contributed by atoms with Crippen LogP contribution in [0.15, 0.2) is 48.5 Å². The lowest BCUT2D eigenvalue weighted by Gasteiger charge is -2.35. The van der Waals surface area contributed by atoms with E-state index in [4.69, 9.17) is 9.47 Å². The number of nitrogens with zero attached hydrogens (tertiary/aromatic N) is 2. The van der Waals surface area contributed by atoms with Crippen molar-refractivity contribution in [3.63, 3.8) is 0 Å². The Morgan fingerprint density at radius 1 is 0.931 bits per heavy atom. The normalized spacial score (nSPS) is 14.8. The first kappa shape index (κ1) is 21.2. The van der Waals surface area contributed by atoms with E-state index in [2.05, 4.69) is 17.0 Å². The molecule has 0 spiro atoms. The fourth-order valence-electron chi connectivity index (χ4n) is 3.71. The summed E-state index contributed by atoms with van der Waals surface area (Å²) in [5.41, 5.74) is 2.29. The molecule has 0 atom stereocenters. The van der Waals surface area contributed by atoms with Crippen LogP contribution in [0.5, 0.6) is 11.5 Å². The van der Waals surface area contributed by atoms with Crippen LogP contribution in [-0.2, 0) is 17.8 Å². The molecule has 0 N–H and O–H groups in total. The Morgan fingerprint density at radius 2 is 1.55 bits per heavy atom. The molecule has 0 saturated carbocycles. The van der Waals surface area contributed by atoms with Gasteiger partial charge in [0.25, 0.3) is 0 Å². The molecular weight excluding hydrogens is 364 g/mol. The molecule has 5 heteroatoms. The molecule has 3 rings (SSSR count). The summed E-state index contributed by atoms with van der Waals surface area (Å²) in [6.45, 7) is 8.27. The summed E-state index contributed by atoms with van der Waals surface area (Å²) in [5.74, 6) is 2.03. The quantitative estimate of drug-likeness (QED) is 0.681. The monoisotopic (exact) mass is 396 g/mol. The van der Waals surface area contributed by atoms with Gasteiger partial charge in [-0.1, -0.05) is 36.4 Å². The molecule has 0 bridgehead atoms. The smallest absolute Gasteiger partial charge is 0.222 e. The number of methoxy groups -OCH3 is 1. The highest BCUT2D eigenvalue weighted by molar-refractivity contribution is 5.76. The number of piperazine rings is 1. The number of carbonyl (C=O) groups excluding carboxylic acids is 1. The Bertz CT molecular complexity index is 798. The first-order valence-electron chi connectivity index (χ1n) is 10.4. The molecule has 1 aliphatic rings. The first-order valence-corrected chi connectivity index (χ1v) is 10.4. The third kappa shape index (κ3) is 5.97. The highest BCUT2D eigenvalue weighted by Gasteiger charge is 2.22. The van der Waals surface area contributed by atoms with E-state index in [0.29, 0.717) is 12.8 Å². The third-order valence-corrected chi connectivity index (χ3v) is 5.25. The number of carbonyl (C=O) groups is 1. The van der Waals surface area contributed by atoms with Gasteiger partial charge >= 0.3 is 0 Å². The summed E-state index contributed by atoms with van der Waals surface area (Å²) in [5, 5.41) is 0. The van der Waals surface area contributed by atoms with Crippen LogP contribution in [0, 0.1) is 0 Å². The predicted octanol–water partition coefficient (Wildman–Crippen LogP) is 3.76. The van der Waals surface area contributed by atoms with Crippen molar-refractivity contribution in [3.8, 4) is 11.5 Å². The molecule has 1 fully saturated rings. The Labute approximate surface area is 174 Å². The second-order valence-electron chi connectivity index (χ2n) is 7.74. The lowest BCUT2D eigenvalue weighted by molar-refractivity contribution is -0.133. The maximum atomic E-state index is 12.7. The second kappa shape index (κ2) is 10.3. The number of aryl methyl sites for hydroxylation is 1.